The Hall–Kier alpha value is -2.32. The van der Waals surface area contributed by atoms with Crippen molar-refractivity contribution >= 4 is 12.2 Å². The number of rotatable bonds is 5. The highest BCUT2D eigenvalue weighted by Crippen LogP contribution is 2.17. The first-order valence-corrected chi connectivity index (χ1v) is 7.37. The Kier molecular flexibility index (Phi) is 5.18. The van der Waals surface area contributed by atoms with E-state index in [4.69, 9.17) is 10.5 Å². The Bertz CT molecular complexity index is 644. The Balaban J connectivity index is 1.98. The van der Waals surface area contributed by atoms with Crippen LogP contribution in [0.4, 0.5) is 0 Å². The maximum Gasteiger partial charge on any atom is 0.118 e. The van der Waals surface area contributed by atoms with Gasteiger partial charge in [-0.3, -0.25) is 0 Å². The average Bonchev–Trinajstić information content (AvgIpc) is 2.52. The van der Waals surface area contributed by atoms with Gasteiger partial charge >= 0.3 is 0 Å². The van der Waals surface area contributed by atoms with Crippen LogP contribution in [0.3, 0.4) is 0 Å². The van der Waals surface area contributed by atoms with Gasteiger partial charge in [0.05, 0.1) is 7.11 Å². The predicted octanol–water partition coefficient (Wildman–Crippen LogP) is 4.62. The zero-order chi connectivity index (χ0) is 16.0. The number of hydrogen-bond donors (Lipinski definition) is 1. The van der Waals surface area contributed by atoms with E-state index in [0.717, 1.165) is 22.4 Å². The van der Waals surface area contributed by atoms with Crippen molar-refractivity contribution in [2.24, 2.45) is 5.73 Å². The number of nitrogens with two attached hydrogens (primary N) is 1. The quantitative estimate of drug-likeness (QED) is 0.817. The Morgan fingerprint density at radius 3 is 1.68 bits per heavy atom. The topological polar surface area (TPSA) is 35.2 Å². The van der Waals surface area contributed by atoms with Crippen LogP contribution in [0.15, 0.2) is 60.7 Å². The first kappa shape index (κ1) is 16.1. The Morgan fingerprint density at radius 2 is 1.27 bits per heavy atom. The van der Waals surface area contributed by atoms with Crippen molar-refractivity contribution in [3.63, 3.8) is 0 Å². The van der Waals surface area contributed by atoms with Gasteiger partial charge in [-0.2, -0.15) is 0 Å². The minimum atomic E-state index is -0.295. The third-order valence-electron chi connectivity index (χ3n) is 3.46. The maximum absolute atomic E-state index is 6.08. The third kappa shape index (κ3) is 4.61. The summed E-state index contributed by atoms with van der Waals surface area (Å²) in [6, 6.07) is 16.3. The summed E-state index contributed by atoms with van der Waals surface area (Å²) in [7, 11) is 1.67. The highest BCUT2D eigenvalue weighted by atomic mass is 16.5. The summed E-state index contributed by atoms with van der Waals surface area (Å²) in [6.45, 7) is 4.02. The normalized spacial score (nSPS) is 12.2. The molecule has 2 rings (SSSR count). The van der Waals surface area contributed by atoms with Crippen LogP contribution in [0.2, 0.25) is 0 Å². The highest BCUT2D eigenvalue weighted by molar-refractivity contribution is 5.57. The van der Waals surface area contributed by atoms with E-state index in [1.807, 2.05) is 50.3 Å². The highest BCUT2D eigenvalue weighted by Gasteiger charge is 2.12. The van der Waals surface area contributed by atoms with E-state index in [1.165, 1.54) is 0 Å². The van der Waals surface area contributed by atoms with Gasteiger partial charge in [0, 0.05) is 5.54 Å². The molecule has 0 aliphatic carbocycles. The lowest BCUT2D eigenvalue weighted by atomic mass is 9.95. The zero-order valence-electron chi connectivity index (χ0n) is 13.4. The van der Waals surface area contributed by atoms with E-state index in [0.29, 0.717) is 0 Å². The van der Waals surface area contributed by atoms with Crippen LogP contribution in [0.25, 0.3) is 12.2 Å². The molecule has 0 atom stereocenters. The monoisotopic (exact) mass is 293 g/mol. The van der Waals surface area contributed by atoms with Crippen LogP contribution in [-0.2, 0) is 5.54 Å². The number of allylic oxidation sites excluding steroid dienone is 2. The molecular weight excluding hydrogens is 270 g/mol. The predicted molar refractivity (Wildman–Crippen MR) is 94.7 cm³/mol. The van der Waals surface area contributed by atoms with Gasteiger partial charge in [0.25, 0.3) is 0 Å². The van der Waals surface area contributed by atoms with E-state index in [2.05, 4.69) is 36.4 Å². The van der Waals surface area contributed by atoms with Crippen molar-refractivity contribution in [2.75, 3.05) is 7.11 Å². The first-order valence-electron chi connectivity index (χ1n) is 7.37. The van der Waals surface area contributed by atoms with Gasteiger partial charge < -0.3 is 10.5 Å². The van der Waals surface area contributed by atoms with Crippen LogP contribution in [0, 0.1) is 0 Å². The molecule has 0 spiro atoms. The molecule has 0 aromatic heterocycles. The van der Waals surface area contributed by atoms with Gasteiger partial charge in [0.1, 0.15) is 5.75 Å². The van der Waals surface area contributed by atoms with E-state index in [1.54, 1.807) is 7.11 Å². The minimum absolute atomic E-state index is 0.295. The van der Waals surface area contributed by atoms with Crippen molar-refractivity contribution in [1.82, 2.24) is 0 Å². The molecule has 114 valence electrons. The molecule has 0 aliphatic heterocycles. The SMILES string of the molecule is COc1ccc(/C=C/C=C/c2ccc(C(C)(C)N)cc2)cc1. The fraction of sp³-hybridized carbons (Fsp3) is 0.200. The molecule has 2 aromatic rings. The number of hydrogen-bond acceptors (Lipinski definition) is 2. The molecular formula is C20H23NO. The minimum Gasteiger partial charge on any atom is -0.497 e. The van der Waals surface area contributed by atoms with Crippen LogP contribution in [0.5, 0.6) is 5.75 Å². The molecule has 0 radical (unpaired) electrons. The fourth-order valence-corrected chi connectivity index (χ4v) is 2.07. The van der Waals surface area contributed by atoms with Gasteiger partial charge in [-0.1, -0.05) is 60.7 Å². The fourth-order valence-electron chi connectivity index (χ4n) is 2.07. The van der Waals surface area contributed by atoms with Crippen molar-refractivity contribution in [1.29, 1.82) is 0 Å². The van der Waals surface area contributed by atoms with E-state index in [9.17, 15) is 0 Å². The van der Waals surface area contributed by atoms with Gasteiger partial charge in [0.2, 0.25) is 0 Å². The van der Waals surface area contributed by atoms with Crippen molar-refractivity contribution < 1.29 is 4.74 Å². The summed E-state index contributed by atoms with van der Waals surface area (Å²) in [5.41, 5.74) is 9.22. The molecule has 0 saturated carbocycles. The standard InChI is InChI=1S/C20H23NO/c1-20(2,21)18-12-8-16(9-13-18)6-4-5-7-17-10-14-19(22-3)15-11-17/h4-15H,21H2,1-3H3/b6-4+,7-5+. The van der Waals surface area contributed by atoms with Crippen molar-refractivity contribution in [3.05, 3.63) is 77.4 Å². The largest absolute Gasteiger partial charge is 0.497 e. The van der Waals surface area contributed by atoms with Crippen LogP contribution in [-0.4, -0.2) is 7.11 Å². The smallest absolute Gasteiger partial charge is 0.118 e. The number of benzene rings is 2. The van der Waals surface area contributed by atoms with E-state index >= 15 is 0 Å². The van der Waals surface area contributed by atoms with Crippen LogP contribution in [0.1, 0.15) is 30.5 Å². The maximum atomic E-state index is 6.08. The summed E-state index contributed by atoms with van der Waals surface area (Å²) in [5, 5.41) is 0. The molecule has 2 N–H and O–H groups in total. The molecule has 0 heterocycles. The van der Waals surface area contributed by atoms with Crippen LogP contribution < -0.4 is 10.5 Å². The lowest BCUT2D eigenvalue weighted by Crippen LogP contribution is -2.28. The second-order valence-electron chi connectivity index (χ2n) is 5.84. The molecule has 2 aromatic carbocycles. The van der Waals surface area contributed by atoms with E-state index in [-0.39, 0.29) is 5.54 Å². The summed E-state index contributed by atoms with van der Waals surface area (Å²) in [6.07, 6.45) is 8.20. The second-order valence-corrected chi connectivity index (χ2v) is 5.84. The molecule has 22 heavy (non-hydrogen) atoms. The summed E-state index contributed by atoms with van der Waals surface area (Å²) in [4.78, 5) is 0. The molecule has 0 unspecified atom stereocenters. The van der Waals surface area contributed by atoms with E-state index < -0.39 is 0 Å². The molecule has 2 nitrogen and oxygen atoms in total. The summed E-state index contributed by atoms with van der Waals surface area (Å²) >= 11 is 0. The zero-order valence-corrected chi connectivity index (χ0v) is 13.4. The Morgan fingerprint density at radius 1 is 0.818 bits per heavy atom. The molecule has 0 aliphatic rings. The third-order valence-corrected chi connectivity index (χ3v) is 3.46. The molecule has 0 fully saturated rings. The summed E-state index contributed by atoms with van der Waals surface area (Å²) < 4.78 is 5.14. The van der Waals surface area contributed by atoms with Crippen molar-refractivity contribution in [2.45, 2.75) is 19.4 Å². The van der Waals surface area contributed by atoms with Crippen LogP contribution >= 0.6 is 0 Å². The lowest BCUT2D eigenvalue weighted by Gasteiger charge is -2.18. The second kappa shape index (κ2) is 7.10. The van der Waals surface area contributed by atoms with Gasteiger partial charge in [-0.05, 0) is 42.7 Å². The number of ether oxygens (including phenoxy) is 1. The first-order chi connectivity index (χ1) is 10.5. The molecule has 0 amide bonds. The molecule has 0 bridgehead atoms. The van der Waals surface area contributed by atoms with Gasteiger partial charge in [-0.25, -0.2) is 0 Å². The van der Waals surface area contributed by atoms with Gasteiger partial charge in [0.15, 0.2) is 0 Å². The number of methoxy groups -OCH3 is 1. The molecule has 0 saturated heterocycles. The average molecular weight is 293 g/mol. The van der Waals surface area contributed by atoms with Gasteiger partial charge in [-0.15, -0.1) is 0 Å². The van der Waals surface area contributed by atoms with Crippen molar-refractivity contribution in [3.8, 4) is 5.75 Å². The Labute approximate surface area is 132 Å². The summed E-state index contributed by atoms with van der Waals surface area (Å²) in [5.74, 6) is 0.871. The molecule has 2 heteroatoms. The lowest BCUT2D eigenvalue weighted by molar-refractivity contribution is 0.415.